The summed E-state index contributed by atoms with van der Waals surface area (Å²) in [5, 5.41) is 0.657. The molecule has 18 heavy (non-hydrogen) atoms. The number of rotatable bonds is 4. The molecule has 5 heteroatoms. The molecule has 4 nitrogen and oxygen atoms in total. The highest BCUT2D eigenvalue weighted by atomic mass is 32.2. The first-order chi connectivity index (χ1) is 8.42. The third-order valence-corrected chi connectivity index (χ3v) is 5.20. The summed E-state index contributed by atoms with van der Waals surface area (Å²) in [6.07, 6.45) is 0. The lowest BCUT2D eigenvalue weighted by Crippen LogP contribution is -2.16. The van der Waals surface area contributed by atoms with Crippen molar-refractivity contribution in [1.82, 2.24) is 4.98 Å². The summed E-state index contributed by atoms with van der Waals surface area (Å²) < 4.78 is 23.7. The van der Waals surface area contributed by atoms with E-state index in [2.05, 4.69) is 4.98 Å². The molecule has 0 saturated heterocycles. The number of nitrogens with one attached hydrogen (secondary N) is 1. The Kier molecular flexibility index (Phi) is 3.45. The number of sulfone groups is 1. The standard InChI is InChI=1S/C13H18N2O2S/c1-9(2)18(16,17)8-12-6-11-4-3-10(7-14)5-13(11)15-12/h3-6,9,15H,7-8,14H2,1-2H3. The number of hydrogen-bond donors (Lipinski definition) is 2. The van der Waals surface area contributed by atoms with Gasteiger partial charge in [-0.1, -0.05) is 12.1 Å². The molecule has 2 aromatic rings. The summed E-state index contributed by atoms with van der Waals surface area (Å²) in [5.74, 6) is 0.0529. The van der Waals surface area contributed by atoms with Gasteiger partial charge in [-0.2, -0.15) is 0 Å². The molecule has 1 heterocycles. The van der Waals surface area contributed by atoms with E-state index >= 15 is 0 Å². The molecule has 0 amide bonds. The van der Waals surface area contributed by atoms with Gasteiger partial charge < -0.3 is 10.7 Å². The van der Waals surface area contributed by atoms with E-state index in [1.165, 1.54) is 0 Å². The van der Waals surface area contributed by atoms with Crippen LogP contribution in [0.1, 0.15) is 25.1 Å². The molecule has 0 atom stereocenters. The Bertz CT molecular complexity index is 657. The quantitative estimate of drug-likeness (QED) is 0.888. The summed E-state index contributed by atoms with van der Waals surface area (Å²) in [6.45, 7) is 3.88. The van der Waals surface area contributed by atoms with Crippen LogP contribution in [0.5, 0.6) is 0 Å². The molecule has 0 spiro atoms. The molecule has 3 N–H and O–H groups in total. The van der Waals surface area contributed by atoms with E-state index in [1.54, 1.807) is 13.8 Å². The third-order valence-electron chi connectivity index (χ3n) is 3.05. The molecule has 1 aromatic carbocycles. The fraction of sp³-hybridized carbons (Fsp3) is 0.385. The average Bonchev–Trinajstić information content (AvgIpc) is 2.68. The highest BCUT2D eigenvalue weighted by Gasteiger charge is 2.17. The number of benzene rings is 1. The maximum Gasteiger partial charge on any atom is 0.158 e. The van der Waals surface area contributed by atoms with Crippen molar-refractivity contribution in [3.63, 3.8) is 0 Å². The number of H-pyrrole nitrogens is 1. The highest BCUT2D eigenvalue weighted by Crippen LogP contribution is 2.19. The molecule has 0 fully saturated rings. The highest BCUT2D eigenvalue weighted by molar-refractivity contribution is 7.91. The molecule has 0 aliphatic heterocycles. The zero-order chi connectivity index (χ0) is 13.3. The van der Waals surface area contributed by atoms with Gasteiger partial charge in [0.05, 0.1) is 11.0 Å². The van der Waals surface area contributed by atoms with Crippen LogP contribution in [-0.4, -0.2) is 18.7 Å². The largest absolute Gasteiger partial charge is 0.358 e. The Hall–Kier alpha value is -1.33. The minimum absolute atomic E-state index is 0.0529. The van der Waals surface area contributed by atoms with E-state index in [0.29, 0.717) is 6.54 Å². The van der Waals surface area contributed by atoms with Crippen molar-refractivity contribution in [2.75, 3.05) is 0 Å². The Morgan fingerprint density at radius 2 is 2.00 bits per heavy atom. The lowest BCUT2D eigenvalue weighted by atomic mass is 10.2. The molecule has 0 unspecified atom stereocenters. The van der Waals surface area contributed by atoms with Crippen molar-refractivity contribution in [2.24, 2.45) is 5.73 Å². The van der Waals surface area contributed by atoms with Gasteiger partial charge in [-0.05, 0) is 36.9 Å². The van der Waals surface area contributed by atoms with Gasteiger partial charge in [0.25, 0.3) is 0 Å². The first-order valence-corrected chi connectivity index (χ1v) is 7.66. The van der Waals surface area contributed by atoms with E-state index in [-0.39, 0.29) is 11.0 Å². The Labute approximate surface area is 107 Å². The van der Waals surface area contributed by atoms with Crippen LogP contribution in [0.25, 0.3) is 10.9 Å². The molecule has 2 rings (SSSR count). The van der Waals surface area contributed by atoms with Crippen LogP contribution < -0.4 is 5.73 Å². The smallest absolute Gasteiger partial charge is 0.158 e. The molecule has 0 aliphatic rings. The first-order valence-electron chi connectivity index (χ1n) is 5.94. The molecular weight excluding hydrogens is 248 g/mol. The van der Waals surface area contributed by atoms with Crippen molar-refractivity contribution < 1.29 is 8.42 Å². The molecule has 98 valence electrons. The van der Waals surface area contributed by atoms with Gasteiger partial charge in [0, 0.05) is 17.8 Å². The van der Waals surface area contributed by atoms with Crippen LogP contribution in [0.2, 0.25) is 0 Å². The van der Waals surface area contributed by atoms with E-state index < -0.39 is 9.84 Å². The van der Waals surface area contributed by atoms with Crippen molar-refractivity contribution >= 4 is 20.7 Å². The summed E-state index contributed by atoms with van der Waals surface area (Å²) in [5.41, 5.74) is 8.28. The van der Waals surface area contributed by atoms with Crippen molar-refractivity contribution in [3.05, 3.63) is 35.5 Å². The zero-order valence-corrected chi connectivity index (χ0v) is 11.4. The van der Waals surface area contributed by atoms with Crippen LogP contribution in [0.3, 0.4) is 0 Å². The van der Waals surface area contributed by atoms with Crippen LogP contribution in [0, 0.1) is 0 Å². The van der Waals surface area contributed by atoms with E-state index in [0.717, 1.165) is 22.2 Å². The fourth-order valence-electron chi connectivity index (χ4n) is 1.82. The van der Waals surface area contributed by atoms with Crippen molar-refractivity contribution in [1.29, 1.82) is 0 Å². The predicted octanol–water partition coefficient (Wildman–Crippen LogP) is 1.95. The minimum Gasteiger partial charge on any atom is -0.358 e. The van der Waals surface area contributed by atoms with Crippen LogP contribution in [0.15, 0.2) is 24.3 Å². The van der Waals surface area contributed by atoms with Gasteiger partial charge in [-0.15, -0.1) is 0 Å². The second kappa shape index (κ2) is 4.74. The topological polar surface area (TPSA) is 75.9 Å². The maximum absolute atomic E-state index is 11.9. The Balaban J connectivity index is 2.36. The Morgan fingerprint density at radius 3 is 2.61 bits per heavy atom. The monoisotopic (exact) mass is 266 g/mol. The third kappa shape index (κ3) is 2.57. The van der Waals surface area contributed by atoms with E-state index in [4.69, 9.17) is 5.73 Å². The second-order valence-corrected chi connectivity index (χ2v) is 7.33. The van der Waals surface area contributed by atoms with E-state index in [1.807, 2.05) is 24.3 Å². The molecular formula is C13H18N2O2S. The van der Waals surface area contributed by atoms with Gasteiger partial charge in [0.15, 0.2) is 9.84 Å². The van der Waals surface area contributed by atoms with Crippen LogP contribution >= 0.6 is 0 Å². The normalized spacial score (nSPS) is 12.4. The second-order valence-electron chi connectivity index (χ2n) is 4.78. The van der Waals surface area contributed by atoms with Gasteiger partial charge in [-0.3, -0.25) is 0 Å². The molecule has 0 bridgehead atoms. The number of hydrogen-bond acceptors (Lipinski definition) is 3. The fourth-order valence-corrected chi connectivity index (χ4v) is 2.74. The lowest BCUT2D eigenvalue weighted by molar-refractivity contribution is 0.586. The van der Waals surface area contributed by atoms with Crippen LogP contribution in [0.4, 0.5) is 0 Å². The van der Waals surface area contributed by atoms with Gasteiger partial charge in [-0.25, -0.2) is 8.42 Å². The first kappa shape index (κ1) is 13.1. The minimum atomic E-state index is -3.07. The molecule has 0 saturated carbocycles. The summed E-state index contributed by atoms with van der Waals surface area (Å²) in [4.78, 5) is 3.15. The predicted molar refractivity (Wildman–Crippen MR) is 73.9 cm³/mol. The van der Waals surface area contributed by atoms with Crippen LogP contribution in [-0.2, 0) is 22.1 Å². The summed E-state index contributed by atoms with van der Waals surface area (Å²) in [7, 11) is -3.07. The SMILES string of the molecule is CC(C)S(=O)(=O)Cc1cc2ccc(CN)cc2[nH]1. The Morgan fingerprint density at radius 1 is 1.28 bits per heavy atom. The summed E-state index contributed by atoms with van der Waals surface area (Å²) >= 11 is 0. The van der Waals surface area contributed by atoms with Crippen molar-refractivity contribution in [2.45, 2.75) is 31.4 Å². The number of nitrogens with two attached hydrogens (primary N) is 1. The molecule has 0 aliphatic carbocycles. The van der Waals surface area contributed by atoms with Crippen molar-refractivity contribution in [3.8, 4) is 0 Å². The molecule has 0 radical (unpaired) electrons. The molecule has 1 aromatic heterocycles. The maximum atomic E-state index is 11.9. The lowest BCUT2D eigenvalue weighted by Gasteiger charge is -2.05. The number of aromatic nitrogens is 1. The van der Waals surface area contributed by atoms with Gasteiger partial charge in [0.1, 0.15) is 0 Å². The van der Waals surface area contributed by atoms with E-state index in [9.17, 15) is 8.42 Å². The average molecular weight is 266 g/mol. The summed E-state index contributed by atoms with van der Waals surface area (Å²) in [6, 6.07) is 7.76. The van der Waals surface area contributed by atoms with Gasteiger partial charge in [0.2, 0.25) is 0 Å². The number of aromatic amines is 1. The number of fused-ring (bicyclic) bond motifs is 1. The zero-order valence-electron chi connectivity index (χ0n) is 10.6. The van der Waals surface area contributed by atoms with Gasteiger partial charge >= 0.3 is 0 Å².